The Morgan fingerprint density at radius 3 is 1.38 bits per heavy atom. The Morgan fingerprint density at radius 2 is 1.00 bits per heavy atom. The molecule has 0 atom stereocenters. The van der Waals surface area contributed by atoms with Crippen LogP contribution in [-0.4, -0.2) is 12.9 Å². The Balaban J connectivity index is 1.84. The van der Waals surface area contributed by atoms with Crippen LogP contribution in [0.2, 0.25) is 0 Å². The molecule has 0 saturated heterocycles. The zero-order valence-corrected chi connectivity index (χ0v) is 16.1. The molecule has 0 unspecified atom stereocenters. The van der Waals surface area contributed by atoms with E-state index in [4.69, 9.17) is 4.74 Å². The zero-order valence-electron chi connectivity index (χ0n) is 16.1. The number of hydrogen-bond acceptors (Lipinski definition) is 2. The molecule has 0 aliphatic rings. The number of carbonyl (C=O) groups is 1. The highest BCUT2D eigenvalue weighted by molar-refractivity contribution is 5.74. The first-order chi connectivity index (χ1) is 14.3. The molecule has 0 heterocycles. The van der Waals surface area contributed by atoms with E-state index in [-0.39, 0.29) is 0 Å². The highest BCUT2D eigenvalue weighted by Crippen LogP contribution is 2.39. The van der Waals surface area contributed by atoms with Gasteiger partial charge in [0.05, 0.1) is 5.41 Å². The fourth-order valence-electron chi connectivity index (χ4n) is 3.75. The third kappa shape index (κ3) is 3.83. The highest BCUT2D eigenvalue weighted by Gasteiger charge is 2.37. The second-order valence-electron chi connectivity index (χ2n) is 6.98. The van der Waals surface area contributed by atoms with Crippen LogP contribution in [-0.2, 0) is 5.41 Å². The van der Waals surface area contributed by atoms with Gasteiger partial charge in [0.2, 0.25) is 0 Å². The molecule has 29 heavy (non-hydrogen) atoms. The first-order valence-electron chi connectivity index (χ1n) is 9.67. The van der Waals surface area contributed by atoms with Gasteiger partial charge in [0.1, 0.15) is 18.6 Å². The first-order valence-corrected chi connectivity index (χ1v) is 9.67. The van der Waals surface area contributed by atoms with Gasteiger partial charge < -0.3 is 4.74 Å². The summed E-state index contributed by atoms with van der Waals surface area (Å²) in [5.41, 5.74) is 3.68. The third-order valence-corrected chi connectivity index (χ3v) is 5.27. The number of hydrogen-bond donors (Lipinski definition) is 0. The predicted octanol–water partition coefficient (Wildman–Crippen LogP) is 5.91. The van der Waals surface area contributed by atoms with Gasteiger partial charge >= 0.3 is 0 Å². The van der Waals surface area contributed by atoms with Crippen LogP contribution in [0.3, 0.4) is 0 Å². The van der Waals surface area contributed by atoms with Gasteiger partial charge in [-0.05, 0) is 41.0 Å². The van der Waals surface area contributed by atoms with Crippen molar-refractivity contribution in [2.45, 2.75) is 5.41 Å². The molecule has 0 aliphatic carbocycles. The minimum absolute atomic E-state index is 0.436. The lowest BCUT2D eigenvalue weighted by Gasteiger charge is -2.35. The summed E-state index contributed by atoms with van der Waals surface area (Å²) in [6.45, 7) is 0.436. The Morgan fingerprint density at radius 1 is 0.586 bits per heavy atom. The topological polar surface area (TPSA) is 26.3 Å². The maximum Gasteiger partial charge on any atom is 0.150 e. The van der Waals surface area contributed by atoms with E-state index < -0.39 is 5.41 Å². The monoisotopic (exact) mass is 378 g/mol. The summed E-state index contributed by atoms with van der Waals surface area (Å²) in [6, 6.07) is 38.6. The van der Waals surface area contributed by atoms with Gasteiger partial charge in [-0.3, -0.25) is 4.79 Å². The van der Waals surface area contributed by atoms with Gasteiger partial charge in [-0.1, -0.05) is 91.0 Å². The largest absolute Gasteiger partial charge is 0.492 e. The van der Waals surface area contributed by atoms with Crippen molar-refractivity contribution in [3.63, 3.8) is 0 Å². The van der Waals surface area contributed by atoms with E-state index >= 15 is 0 Å². The molecule has 0 fully saturated rings. The molecule has 0 saturated carbocycles. The lowest BCUT2D eigenvalue weighted by Crippen LogP contribution is -2.36. The van der Waals surface area contributed by atoms with Crippen molar-refractivity contribution in [3.8, 4) is 5.75 Å². The van der Waals surface area contributed by atoms with Gasteiger partial charge in [0, 0.05) is 5.56 Å². The van der Waals surface area contributed by atoms with Crippen LogP contribution in [0.5, 0.6) is 5.75 Å². The number of carbonyl (C=O) groups excluding carboxylic acids is 1. The van der Waals surface area contributed by atoms with Crippen LogP contribution in [0.1, 0.15) is 27.0 Å². The van der Waals surface area contributed by atoms with Crippen molar-refractivity contribution < 1.29 is 9.53 Å². The molecule has 4 aromatic rings. The van der Waals surface area contributed by atoms with Crippen LogP contribution < -0.4 is 4.74 Å². The summed E-state index contributed by atoms with van der Waals surface area (Å²) in [4.78, 5) is 10.9. The van der Waals surface area contributed by atoms with E-state index in [9.17, 15) is 4.79 Å². The molecule has 0 bridgehead atoms. The van der Waals surface area contributed by atoms with E-state index in [1.54, 1.807) is 12.1 Å². The molecule has 0 spiro atoms. The summed E-state index contributed by atoms with van der Waals surface area (Å²) < 4.78 is 6.32. The maximum atomic E-state index is 10.9. The van der Waals surface area contributed by atoms with Gasteiger partial charge in [-0.2, -0.15) is 0 Å². The Labute approximate surface area is 171 Å². The molecular weight excluding hydrogens is 356 g/mol. The third-order valence-electron chi connectivity index (χ3n) is 5.27. The SMILES string of the molecule is O=Cc1ccc(OCC(c2ccccc2)(c2ccccc2)c2ccccc2)cc1. The summed E-state index contributed by atoms with van der Waals surface area (Å²) >= 11 is 0. The second-order valence-corrected chi connectivity index (χ2v) is 6.98. The van der Waals surface area contributed by atoms with Gasteiger partial charge in [-0.15, -0.1) is 0 Å². The smallest absolute Gasteiger partial charge is 0.150 e. The lowest BCUT2D eigenvalue weighted by molar-refractivity contribution is 0.112. The molecule has 0 N–H and O–H groups in total. The Kier molecular flexibility index (Phi) is 5.53. The van der Waals surface area contributed by atoms with Crippen molar-refractivity contribution in [1.29, 1.82) is 0 Å². The molecule has 4 aromatic carbocycles. The normalized spacial score (nSPS) is 11.0. The van der Waals surface area contributed by atoms with Crippen molar-refractivity contribution in [2.75, 3.05) is 6.61 Å². The van der Waals surface area contributed by atoms with Crippen molar-refractivity contribution in [2.24, 2.45) is 0 Å². The second kappa shape index (κ2) is 8.57. The quantitative estimate of drug-likeness (QED) is 0.295. The molecule has 0 amide bonds. The minimum atomic E-state index is -0.465. The number of rotatable bonds is 7. The number of aldehydes is 1. The van der Waals surface area contributed by atoms with Crippen LogP contribution in [0.15, 0.2) is 115 Å². The molecule has 0 radical (unpaired) electrons. The molecule has 0 aliphatic heterocycles. The molecule has 4 rings (SSSR count). The molecule has 0 aromatic heterocycles. The number of ether oxygens (including phenoxy) is 1. The lowest BCUT2D eigenvalue weighted by atomic mass is 9.70. The average Bonchev–Trinajstić information content (AvgIpc) is 2.82. The van der Waals surface area contributed by atoms with Crippen molar-refractivity contribution in [3.05, 3.63) is 138 Å². The molecule has 2 nitrogen and oxygen atoms in total. The average molecular weight is 378 g/mol. The van der Waals surface area contributed by atoms with Gasteiger partial charge in [-0.25, -0.2) is 0 Å². The summed E-state index contributed by atoms with van der Waals surface area (Å²) in [5, 5.41) is 0. The maximum absolute atomic E-state index is 10.9. The van der Waals surface area contributed by atoms with E-state index in [1.165, 1.54) is 16.7 Å². The fraction of sp³-hybridized carbons (Fsp3) is 0.0741. The van der Waals surface area contributed by atoms with Crippen LogP contribution >= 0.6 is 0 Å². The minimum Gasteiger partial charge on any atom is -0.492 e. The number of benzene rings is 4. The zero-order chi connectivity index (χ0) is 19.9. The Bertz CT molecular complexity index is 943. The van der Waals surface area contributed by atoms with E-state index in [0.717, 1.165) is 12.0 Å². The van der Waals surface area contributed by atoms with Crippen LogP contribution in [0.4, 0.5) is 0 Å². The van der Waals surface area contributed by atoms with E-state index in [2.05, 4.69) is 72.8 Å². The fourth-order valence-corrected chi connectivity index (χ4v) is 3.75. The van der Waals surface area contributed by atoms with Crippen molar-refractivity contribution in [1.82, 2.24) is 0 Å². The Hall–Kier alpha value is -3.65. The summed E-state index contributed by atoms with van der Waals surface area (Å²) in [6.07, 6.45) is 0.839. The highest BCUT2D eigenvalue weighted by atomic mass is 16.5. The summed E-state index contributed by atoms with van der Waals surface area (Å²) in [7, 11) is 0. The van der Waals surface area contributed by atoms with Gasteiger partial charge in [0.25, 0.3) is 0 Å². The standard InChI is InChI=1S/C27H22O2/c28-20-22-16-18-26(19-17-22)29-21-27(23-10-4-1-5-11-23,24-12-6-2-7-13-24)25-14-8-3-9-15-25/h1-20H,21H2. The first kappa shape index (κ1) is 18.7. The van der Waals surface area contributed by atoms with E-state index in [1.807, 2.05) is 30.3 Å². The summed E-state index contributed by atoms with van der Waals surface area (Å²) in [5.74, 6) is 0.739. The van der Waals surface area contributed by atoms with Crippen LogP contribution in [0, 0.1) is 0 Å². The van der Waals surface area contributed by atoms with Crippen molar-refractivity contribution >= 4 is 6.29 Å². The van der Waals surface area contributed by atoms with E-state index in [0.29, 0.717) is 12.2 Å². The van der Waals surface area contributed by atoms with Gasteiger partial charge in [0.15, 0.2) is 0 Å². The molecular formula is C27H22O2. The van der Waals surface area contributed by atoms with Crippen LogP contribution in [0.25, 0.3) is 0 Å². The predicted molar refractivity (Wildman–Crippen MR) is 117 cm³/mol. The molecule has 142 valence electrons. The molecule has 2 heteroatoms.